The molecular formula is C14H21NO3. The van der Waals surface area contributed by atoms with Gasteiger partial charge in [0.25, 0.3) is 0 Å². The lowest BCUT2D eigenvalue weighted by Crippen LogP contribution is -2.18. The summed E-state index contributed by atoms with van der Waals surface area (Å²) >= 11 is 0. The number of hydrogen-bond acceptors (Lipinski definition) is 4. The van der Waals surface area contributed by atoms with Gasteiger partial charge >= 0.3 is 0 Å². The van der Waals surface area contributed by atoms with E-state index in [1.54, 1.807) is 7.11 Å². The minimum absolute atomic E-state index is 0.0117. The third-order valence-electron chi connectivity index (χ3n) is 2.60. The average molecular weight is 251 g/mol. The molecule has 1 unspecified atom stereocenters. The van der Waals surface area contributed by atoms with Crippen molar-refractivity contribution in [3.63, 3.8) is 0 Å². The fourth-order valence-electron chi connectivity index (χ4n) is 1.61. The first-order chi connectivity index (χ1) is 8.72. The highest BCUT2D eigenvalue weighted by molar-refractivity contribution is 5.43. The Morgan fingerprint density at radius 2 is 2.22 bits per heavy atom. The molecule has 18 heavy (non-hydrogen) atoms. The molecule has 1 aromatic rings. The van der Waals surface area contributed by atoms with Gasteiger partial charge in [0.15, 0.2) is 11.5 Å². The summed E-state index contributed by atoms with van der Waals surface area (Å²) < 4.78 is 10.7. The van der Waals surface area contributed by atoms with Crippen molar-refractivity contribution < 1.29 is 14.6 Å². The van der Waals surface area contributed by atoms with Gasteiger partial charge in [-0.05, 0) is 24.6 Å². The van der Waals surface area contributed by atoms with Gasteiger partial charge in [-0.3, -0.25) is 0 Å². The molecule has 100 valence electrons. The van der Waals surface area contributed by atoms with Crippen LogP contribution in [0.15, 0.2) is 30.9 Å². The fourth-order valence-corrected chi connectivity index (χ4v) is 1.61. The summed E-state index contributed by atoms with van der Waals surface area (Å²) in [5.41, 5.74) is 1.12. The number of aliphatic hydroxyl groups is 1. The van der Waals surface area contributed by atoms with E-state index in [2.05, 4.69) is 18.8 Å². The highest BCUT2D eigenvalue weighted by Gasteiger charge is 2.09. The van der Waals surface area contributed by atoms with E-state index < -0.39 is 0 Å². The predicted octanol–water partition coefficient (Wildman–Crippen LogP) is 1.90. The smallest absolute Gasteiger partial charge is 0.161 e. The van der Waals surface area contributed by atoms with Crippen LogP contribution in [0.3, 0.4) is 0 Å². The molecule has 1 aromatic carbocycles. The maximum Gasteiger partial charge on any atom is 0.161 e. The van der Waals surface area contributed by atoms with E-state index in [4.69, 9.17) is 14.6 Å². The zero-order chi connectivity index (χ0) is 13.4. The van der Waals surface area contributed by atoms with Crippen LogP contribution < -0.4 is 14.8 Å². The molecule has 0 aliphatic heterocycles. The Labute approximate surface area is 108 Å². The van der Waals surface area contributed by atoms with Crippen LogP contribution in [-0.2, 0) is 0 Å². The summed E-state index contributed by atoms with van der Waals surface area (Å²) in [6, 6.07) is 5.99. The molecular weight excluding hydrogens is 230 g/mol. The van der Waals surface area contributed by atoms with Crippen molar-refractivity contribution in [1.29, 1.82) is 0 Å². The van der Waals surface area contributed by atoms with Crippen molar-refractivity contribution in [2.75, 3.05) is 26.9 Å². The fraction of sp³-hybridized carbons (Fsp3) is 0.429. The zero-order valence-corrected chi connectivity index (χ0v) is 11.0. The lowest BCUT2D eigenvalue weighted by atomic mass is 10.1. The molecule has 1 rings (SSSR count). The third-order valence-corrected chi connectivity index (χ3v) is 2.60. The van der Waals surface area contributed by atoms with Gasteiger partial charge in [0, 0.05) is 12.6 Å². The number of nitrogens with one attached hydrogen (secondary N) is 1. The van der Waals surface area contributed by atoms with Gasteiger partial charge in [0.1, 0.15) is 6.61 Å². The molecule has 0 aromatic heterocycles. The Balaban J connectivity index is 2.80. The topological polar surface area (TPSA) is 50.7 Å². The molecule has 0 aliphatic rings. The first-order valence-electron chi connectivity index (χ1n) is 5.98. The first kappa shape index (κ1) is 14.5. The summed E-state index contributed by atoms with van der Waals surface area (Å²) in [7, 11) is 1.60. The molecule has 0 saturated carbocycles. The number of benzene rings is 1. The molecule has 0 spiro atoms. The van der Waals surface area contributed by atoms with Gasteiger partial charge in [-0.1, -0.05) is 12.1 Å². The van der Waals surface area contributed by atoms with Crippen LogP contribution in [0.25, 0.3) is 0 Å². The molecule has 2 N–H and O–H groups in total. The summed E-state index contributed by atoms with van der Waals surface area (Å²) in [5.74, 6) is 1.32. The average Bonchev–Trinajstić information content (AvgIpc) is 2.42. The SMILES string of the molecule is C=CCNC(C)c1ccc(OCCO)c(OC)c1. The molecule has 0 bridgehead atoms. The normalized spacial score (nSPS) is 11.9. The third kappa shape index (κ3) is 4.05. The minimum atomic E-state index is -0.0117. The Bertz CT molecular complexity index is 379. The van der Waals surface area contributed by atoms with Crippen LogP contribution in [0.2, 0.25) is 0 Å². The monoisotopic (exact) mass is 251 g/mol. The van der Waals surface area contributed by atoms with Gasteiger partial charge in [-0.25, -0.2) is 0 Å². The van der Waals surface area contributed by atoms with E-state index in [0.29, 0.717) is 11.5 Å². The summed E-state index contributed by atoms with van der Waals surface area (Å²) in [6.45, 7) is 6.76. The van der Waals surface area contributed by atoms with Gasteiger partial charge < -0.3 is 19.9 Å². The number of aliphatic hydroxyl groups excluding tert-OH is 1. The Morgan fingerprint density at radius 3 is 2.83 bits per heavy atom. The van der Waals surface area contributed by atoms with Crippen molar-refractivity contribution >= 4 is 0 Å². The van der Waals surface area contributed by atoms with Gasteiger partial charge in [0.2, 0.25) is 0 Å². The Kier molecular flexibility index (Phi) is 6.25. The van der Waals surface area contributed by atoms with Crippen LogP contribution >= 0.6 is 0 Å². The molecule has 0 amide bonds. The summed E-state index contributed by atoms with van der Waals surface area (Å²) in [4.78, 5) is 0. The van der Waals surface area contributed by atoms with Gasteiger partial charge in [-0.15, -0.1) is 6.58 Å². The molecule has 0 aliphatic carbocycles. The second kappa shape index (κ2) is 7.74. The predicted molar refractivity (Wildman–Crippen MR) is 72.2 cm³/mol. The lowest BCUT2D eigenvalue weighted by Gasteiger charge is -2.16. The van der Waals surface area contributed by atoms with Crippen LogP contribution in [-0.4, -0.2) is 32.0 Å². The molecule has 0 saturated heterocycles. The van der Waals surface area contributed by atoms with Gasteiger partial charge in [0.05, 0.1) is 13.7 Å². The maximum atomic E-state index is 8.75. The number of ether oxygens (including phenoxy) is 2. The molecule has 0 heterocycles. The van der Waals surface area contributed by atoms with Crippen molar-refractivity contribution in [2.24, 2.45) is 0 Å². The zero-order valence-electron chi connectivity index (χ0n) is 11.0. The van der Waals surface area contributed by atoms with E-state index in [9.17, 15) is 0 Å². The lowest BCUT2D eigenvalue weighted by molar-refractivity contribution is 0.196. The maximum absolute atomic E-state index is 8.75. The molecule has 1 atom stereocenters. The van der Waals surface area contributed by atoms with Crippen molar-refractivity contribution in [2.45, 2.75) is 13.0 Å². The van der Waals surface area contributed by atoms with Crippen LogP contribution in [0.1, 0.15) is 18.5 Å². The molecule has 0 fully saturated rings. The van der Waals surface area contributed by atoms with E-state index in [1.165, 1.54) is 0 Å². The molecule has 4 heteroatoms. The summed E-state index contributed by atoms with van der Waals surface area (Å²) in [5, 5.41) is 12.1. The van der Waals surface area contributed by atoms with Crippen LogP contribution in [0, 0.1) is 0 Å². The Morgan fingerprint density at radius 1 is 1.44 bits per heavy atom. The highest BCUT2D eigenvalue weighted by Crippen LogP contribution is 2.30. The quantitative estimate of drug-likeness (QED) is 0.693. The van der Waals surface area contributed by atoms with E-state index in [1.807, 2.05) is 24.3 Å². The number of hydrogen-bond donors (Lipinski definition) is 2. The summed E-state index contributed by atoms with van der Waals surface area (Å²) in [6.07, 6.45) is 1.83. The highest BCUT2D eigenvalue weighted by atomic mass is 16.5. The van der Waals surface area contributed by atoms with Crippen molar-refractivity contribution in [3.05, 3.63) is 36.4 Å². The standard InChI is InChI=1S/C14H21NO3/c1-4-7-15-11(2)12-5-6-13(18-9-8-16)14(10-12)17-3/h4-6,10-11,15-16H,1,7-9H2,2-3H3. The van der Waals surface area contributed by atoms with Crippen molar-refractivity contribution in [1.82, 2.24) is 5.32 Å². The Hall–Kier alpha value is -1.52. The van der Waals surface area contributed by atoms with E-state index >= 15 is 0 Å². The molecule has 0 radical (unpaired) electrons. The number of rotatable bonds is 8. The largest absolute Gasteiger partial charge is 0.493 e. The minimum Gasteiger partial charge on any atom is -0.493 e. The van der Waals surface area contributed by atoms with Crippen molar-refractivity contribution in [3.8, 4) is 11.5 Å². The van der Waals surface area contributed by atoms with E-state index in [-0.39, 0.29) is 19.3 Å². The second-order valence-electron chi connectivity index (χ2n) is 3.90. The second-order valence-corrected chi connectivity index (χ2v) is 3.90. The number of methoxy groups -OCH3 is 1. The van der Waals surface area contributed by atoms with Gasteiger partial charge in [-0.2, -0.15) is 0 Å². The molecule has 4 nitrogen and oxygen atoms in total. The first-order valence-corrected chi connectivity index (χ1v) is 5.98. The van der Waals surface area contributed by atoms with Crippen LogP contribution in [0.4, 0.5) is 0 Å². The van der Waals surface area contributed by atoms with Crippen LogP contribution in [0.5, 0.6) is 11.5 Å². The van der Waals surface area contributed by atoms with E-state index in [0.717, 1.165) is 12.1 Å².